The van der Waals surface area contributed by atoms with E-state index in [1.165, 1.54) is 11.1 Å². The number of fused-ring (bicyclic) bond motifs is 1. The van der Waals surface area contributed by atoms with E-state index in [1.807, 2.05) is 32.0 Å². The Labute approximate surface area is 119 Å². The van der Waals surface area contributed by atoms with Crippen LogP contribution in [0.25, 0.3) is 0 Å². The molecule has 2 aromatic rings. The standard InChI is InChI=1S/C16H19N3O/c1-10-9-16(18-11(2)17-10)19-14-8-7-13-12(14)5-4-6-15(13)20-3/h4-6,9,14H,7-8H2,1-3H3,(H,17,18,19). The number of aryl methyl sites for hydroxylation is 2. The molecule has 1 unspecified atom stereocenters. The number of nitrogens with zero attached hydrogens (tertiary/aromatic N) is 2. The van der Waals surface area contributed by atoms with Crippen LogP contribution in [0.1, 0.15) is 35.1 Å². The van der Waals surface area contributed by atoms with Crippen LogP contribution in [0.3, 0.4) is 0 Å². The maximum Gasteiger partial charge on any atom is 0.130 e. The zero-order chi connectivity index (χ0) is 14.1. The lowest BCUT2D eigenvalue weighted by molar-refractivity contribution is 0.410. The lowest BCUT2D eigenvalue weighted by atomic mass is 10.1. The van der Waals surface area contributed by atoms with Gasteiger partial charge in [-0.1, -0.05) is 12.1 Å². The molecular formula is C16H19N3O. The average Bonchev–Trinajstić information content (AvgIpc) is 2.81. The molecule has 0 saturated carbocycles. The van der Waals surface area contributed by atoms with Crippen molar-refractivity contribution in [1.82, 2.24) is 9.97 Å². The predicted octanol–water partition coefficient (Wildman–Crippen LogP) is 3.20. The van der Waals surface area contributed by atoms with Crippen molar-refractivity contribution in [3.63, 3.8) is 0 Å². The second kappa shape index (κ2) is 5.12. The molecule has 20 heavy (non-hydrogen) atoms. The summed E-state index contributed by atoms with van der Waals surface area (Å²) in [6.45, 7) is 3.91. The summed E-state index contributed by atoms with van der Waals surface area (Å²) >= 11 is 0. The molecule has 0 spiro atoms. The number of benzene rings is 1. The van der Waals surface area contributed by atoms with Gasteiger partial charge in [-0.2, -0.15) is 0 Å². The van der Waals surface area contributed by atoms with Crippen LogP contribution < -0.4 is 10.1 Å². The van der Waals surface area contributed by atoms with E-state index in [9.17, 15) is 0 Å². The Morgan fingerprint density at radius 1 is 1.25 bits per heavy atom. The maximum atomic E-state index is 5.44. The number of methoxy groups -OCH3 is 1. The monoisotopic (exact) mass is 269 g/mol. The van der Waals surface area contributed by atoms with Crippen molar-refractivity contribution < 1.29 is 4.74 Å². The van der Waals surface area contributed by atoms with E-state index in [2.05, 4.69) is 21.4 Å². The number of nitrogens with one attached hydrogen (secondary N) is 1. The summed E-state index contributed by atoms with van der Waals surface area (Å²) < 4.78 is 5.44. The van der Waals surface area contributed by atoms with E-state index in [0.717, 1.165) is 35.9 Å². The SMILES string of the molecule is COc1cccc2c1CCC2Nc1cc(C)nc(C)n1. The Morgan fingerprint density at radius 3 is 2.85 bits per heavy atom. The number of rotatable bonds is 3. The average molecular weight is 269 g/mol. The smallest absolute Gasteiger partial charge is 0.130 e. The van der Waals surface area contributed by atoms with Crippen LogP contribution in [0.5, 0.6) is 5.75 Å². The third kappa shape index (κ3) is 2.33. The molecule has 0 fully saturated rings. The van der Waals surface area contributed by atoms with Crippen molar-refractivity contribution >= 4 is 5.82 Å². The van der Waals surface area contributed by atoms with Gasteiger partial charge in [0.15, 0.2) is 0 Å². The van der Waals surface area contributed by atoms with E-state index < -0.39 is 0 Å². The van der Waals surface area contributed by atoms with E-state index in [4.69, 9.17) is 4.74 Å². The van der Waals surface area contributed by atoms with Gasteiger partial charge in [0.05, 0.1) is 13.2 Å². The molecule has 3 rings (SSSR count). The van der Waals surface area contributed by atoms with E-state index >= 15 is 0 Å². The normalized spacial score (nSPS) is 16.9. The van der Waals surface area contributed by atoms with Crippen molar-refractivity contribution in [2.45, 2.75) is 32.7 Å². The summed E-state index contributed by atoms with van der Waals surface area (Å²) in [5.41, 5.74) is 3.62. The summed E-state index contributed by atoms with van der Waals surface area (Å²) in [6, 6.07) is 8.54. The summed E-state index contributed by atoms with van der Waals surface area (Å²) in [7, 11) is 1.73. The molecular weight excluding hydrogens is 250 g/mol. The molecule has 0 saturated heterocycles. The molecule has 0 radical (unpaired) electrons. The molecule has 104 valence electrons. The molecule has 0 bridgehead atoms. The Balaban J connectivity index is 1.88. The summed E-state index contributed by atoms with van der Waals surface area (Å²) in [5.74, 6) is 2.69. The molecule has 0 amide bonds. The van der Waals surface area contributed by atoms with E-state index in [1.54, 1.807) is 7.11 Å². The largest absolute Gasteiger partial charge is 0.496 e. The minimum atomic E-state index is 0.300. The van der Waals surface area contributed by atoms with Gasteiger partial charge in [0.2, 0.25) is 0 Å². The quantitative estimate of drug-likeness (QED) is 0.929. The zero-order valence-corrected chi connectivity index (χ0v) is 12.1. The van der Waals surface area contributed by atoms with E-state index in [0.29, 0.717) is 6.04 Å². The third-order valence-electron chi connectivity index (χ3n) is 3.74. The van der Waals surface area contributed by atoms with Gasteiger partial charge in [0, 0.05) is 11.8 Å². The van der Waals surface area contributed by atoms with Gasteiger partial charge in [-0.3, -0.25) is 0 Å². The summed E-state index contributed by atoms with van der Waals surface area (Å²) in [6.07, 6.45) is 2.11. The molecule has 0 aliphatic heterocycles. The molecule has 1 aliphatic rings. The fourth-order valence-electron chi connectivity index (χ4n) is 2.93. The minimum absolute atomic E-state index is 0.300. The molecule has 1 heterocycles. The molecule has 1 atom stereocenters. The Bertz CT molecular complexity index is 619. The van der Waals surface area contributed by atoms with Gasteiger partial charge in [0.1, 0.15) is 17.4 Å². The highest BCUT2D eigenvalue weighted by Crippen LogP contribution is 2.38. The topological polar surface area (TPSA) is 47.0 Å². The van der Waals surface area contributed by atoms with Gasteiger partial charge in [-0.15, -0.1) is 0 Å². The van der Waals surface area contributed by atoms with Crippen molar-refractivity contribution in [3.8, 4) is 5.75 Å². The number of hydrogen-bond acceptors (Lipinski definition) is 4. The molecule has 1 aromatic carbocycles. The fraction of sp³-hybridized carbons (Fsp3) is 0.375. The Morgan fingerprint density at radius 2 is 2.10 bits per heavy atom. The Hall–Kier alpha value is -2.10. The number of hydrogen-bond donors (Lipinski definition) is 1. The van der Waals surface area contributed by atoms with Gasteiger partial charge in [-0.05, 0) is 43.9 Å². The lowest BCUT2D eigenvalue weighted by Gasteiger charge is -2.16. The van der Waals surface area contributed by atoms with Gasteiger partial charge in [-0.25, -0.2) is 9.97 Å². The second-order valence-corrected chi connectivity index (χ2v) is 5.21. The van der Waals surface area contributed by atoms with Crippen LogP contribution in [0.15, 0.2) is 24.3 Å². The van der Waals surface area contributed by atoms with Crippen LogP contribution in [-0.2, 0) is 6.42 Å². The first-order valence-corrected chi connectivity index (χ1v) is 6.92. The molecule has 4 nitrogen and oxygen atoms in total. The molecule has 1 aliphatic carbocycles. The third-order valence-corrected chi connectivity index (χ3v) is 3.74. The van der Waals surface area contributed by atoms with Gasteiger partial charge in [0.25, 0.3) is 0 Å². The first-order valence-electron chi connectivity index (χ1n) is 6.92. The Kier molecular flexibility index (Phi) is 3.30. The van der Waals surface area contributed by atoms with Crippen molar-refractivity contribution in [1.29, 1.82) is 0 Å². The molecule has 4 heteroatoms. The van der Waals surface area contributed by atoms with Crippen LogP contribution in [-0.4, -0.2) is 17.1 Å². The van der Waals surface area contributed by atoms with Crippen molar-refractivity contribution in [2.75, 3.05) is 12.4 Å². The first kappa shape index (κ1) is 12.9. The lowest BCUT2D eigenvalue weighted by Crippen LogP contribution is -2.09. The first-order chi connectivity index (χ1) is 9.67. The van der Waals surface area contributed by atoms with Crippen molar-refractivity contribution in [3.05, 3.63) is 46.9 Å². The highest BCUT2D eigenvalue weighted by Gasteiger charge is 2.25. The van der Waals surface area contributed by atoms with Crippen LogP contribution in [0, 0.1) is 13.8 Å². The van der Waals surface area contributed by atoms with Crippen LogP contribution in [0.2, 0.25) is 0 Å². The molecule has 1 aromatic heterocycles. The summed E-state index contributed by atoms with van der Waals surface area (Å²) in [4.78, 5) is 8.77. The fourth-order valence-corrected chi connectivity index (χ4v) is 2.93. The zero-order valence-electron chi connectivity index (χ0n) is 12.1. The minimum Gasteiger partial charge on any atom is -0.496 e. The molecule has 1 N–H and O–H groups in total. The number of anilines is 1. The predicted molar refractivity (Wildman–Crippen MR) is 79.2 cm³/mol. The van der Waals surface area contributed by atoms with E-state index in [-0.39, 0.29) is 0 Å². The van der Waals surface area contributed by atoms with Gasteiger partial charge >= 0.3 is 0 Å². The number of ether oxygens (including phenoxy) is 1. The van der Waals surface area contributed by atoms with Crippen LogP contribution >= 0.6 is 0 Å². The van der Waals surface area contributed by atoms with Crippen molar-refractivity contribution in [2.24, 2.45) is 0 Å². The van der Waals surface area contributed by atoms with Crippen LogP contribution in [0.4, 0.5) is 5.82 Å². The summed E-state index contributed by atoms with van der Waals surface area (Å²) in [5, 5.41) is 3.52. The maximum absolute atomic E-state index is 5.44. The number of aromatic nitrogens is 2. The highest BCUT2D eigenvalue weighted by atomic mass is 16.5. The second-order valence-electron chi connectivity index (χ2n) is 5.21. The van der Waals surface area contributed by atoms with Gasteiger partial charge < -0.3 is 10.1 Å². The highest BCUT2D eigenvalue weighted by molar-refractivity contribution is 5.49.